The van der Waals surface area contributed by atoms with Crippen LogP contribution in [-0.4, -0.2) is 34.4 Å². The van der Waals surface area contributed by atoms with Gasteiger partial charge in [-0.15, -0.1) is 0 Å². The van der Waals surface area contributed by atoms with Crippen LogP contribution >= 0.6 is 0 Å². The zero-order valence-electron chi connectivity index (χ0n) is 10.1. The van der Waals surface area contributed by atoms with Crippen LogP contribution in [0.2, 0.25) is 0 Å². The van der Waals surface area contributed by atoms with Gasteiger partial charge in [0.05, 0.1) is 12.3 Å². The van der Waals surface area contributed by atoms with Crippen LogP contribution in [0.25, 0.3) is 0 Å². The molecule has 114 valence electrons. The van der Waals surface area contributed by atoms with E-state index in [1.807, 2.05) is 4.72 Å². The zero-order valence-corrected chi connectivity index (χ0v) is 10.9. The SMILES string of the molecule is Nc1cc(F)ccc1S(=O)(=O)NCCOCC(F)(F)F. The van der Waals surface area contributed by atoms with E-state index >= 15 is 0 Å². The van der Waals surface area contributed by atoms with Crippen molar-refractivity contribution in [2.75, 3.05) is 25.5 Å². The number of benzene rings is 1. The first kappa shape index (κ1) is 16.7. The van der Waals surface area contributed by atoms with Crippen molar-refractivity contribution in [2.45, 2.75) is 11.1 Å². The number of anilines is 1. The van der Waals surface area contributed by atoms with E-state index in [1.165, 1.54) is 0 Å². The highest BCUT2D eigenvalue weighted by Crippen LogP contribution is 2.18. The number of ether oxygens (including phenoxy) is 1. The van der Waals surface area contributed by atoms with Gasteiger partial charge in [-0.2, -0.15) is 13.2 Å². The van der Waals surface area contributed by atoms with Crippen LogP contribution in [0.3, 0.4) is 0 Å². The van der Waals surface area contributed by atoms with Crippen LogP contribution < -0.4 is 10.5 Å². The molecular weight excluding hydrogens is 304 g/mol. The Morgan fingerprint density at radius 3 is 2.50 bits per heavy atom. The van der Waals surface area contributed by atoms with Crippen LogP contribution in [0, 0.1) is 5.82 Å². The van der Waals surface area contributed by atoms with E-state index in [0.29, 0.717) is 0 Å². The molecule has 0 aromatic heterocycles. The predicted molar refractivity (Wildman–Crippen MR) is 62.9 cm³/mol. The van der Waals surface area contributed by atoms with Crippen LogP contribution in [0.1, 0.15) is 0 Å². The number of sulfonamides is 1. The minimum atomic E-state index is -4.47. The molecule has 0 bridgehead atoms. The lowest BCUT2D eigenvalue weighted by atomic mass is 10.3. The molecule has 20 heavy (non-hydrogen) atoms. The van der Waals surface area contributed by atoms with Gasteiger partial charge in [-0.3, -0.25) is 0 Å². The average molecular weight is 316 g/mol. The molecule has 0 radical (unpaired) electrons. The molecule has 5 nitrogen and oxygen atoms in total. The fraction of sp³-hybridized carbons (Fsp3) is 0.400. The van der Waals surface area contributed by atoms with Crippen LogP contribution in [0.15, 0.2) is 23.1 Å². The summed E-state index contributed by atoms with van der Waals surface area (Å²) in [6, 6.07) is 2.70. The molecule has 0 saturated heterocycles. The molecule has 1 aromatic carbocycles. The van der Waals surface area contributed by atoms with Crippen molar-refractivity contribution in [1.29, 1.82) is 0 Å². The molecule has 0 spiro atoms. The van der Waals surface area contributed by atoms with Gasteiger partial charge in [0.1, 0.15) is 17.3 Å². The molecule has 1 aromatic rings. The average Bonchev–Trinajstić information content (AvgIpc) is 2.26. The molecule has 3 N–H and O–H groups in total. The van der Waals surface area contributed by atoms with Gasteiger partial charge < -0.3 is 10.5 Å². The molecule has 0 heterocycles. The van der Waals surface area contributed by atoms with Crippen LogP contribution in [0.4, 0.5) is 23.2 Å². The van der Waals surface area contributed by atoms with Gasteiger partial charge in [-0.05, 0) is 18.2 Å². The number of alkyl halides is 3. The lowest BCUT2D eigenvalue weighted by Crippen LogP contribution is -2.29. The van der Waals surface area contributed by atoms with E-state index in [4.69, 9.17) is 5.73 Å². The maximum Gasteiger partial charge on any atom is 0.411 e. The second-order valence-corrected chi connectivity index (χ2v) is 5.48. The Balaban J connectivity index is 2.54. The summed E-state index contributed by atoms with van der Waals surface area (Å²) in [4.78, 5) is -0.352. The molecule has 10 heteroatoms. The summed E-state index contributed by atoms with van der Waals surface area (Å²) in [5, 5.41) is 0. The first-order valence-corrected chi connectivity index (χ1v) is 6.79. The van der Waals surface area contributed by atoms with Gasteiger partial charge in [-0.25, -0.2) is 17.5 Å². The Morgan fingerprint density at radius 1 is 1.30 bits per heavy atom. The molecular formula is C10H12F4N2O3S. The summed E-state index contributed by atoms with van der Waals surface area (Å²) >= 11 is 0. The summed E-state index contributed by atoms with van der Waals surface area (Å²) in [5.41, 5.74) is 5.06. The lowest BCUT2D eigenvalue weighted by Gasteiger charge is -2.10. The van der Waals surface area contributed by atoms with Gasteiger partial charge in [-0.1, -0.05) is 0 Å². The summed E-state index contributed by atoms with van der Waals surface area (Å²) in [6.45, 7) is -2.29. The monoisotopic (exact) mass is 316 g/mol. The van der Waals surface area contributed by atoms with Crippen molar-refractivity contribution >= 4 is 15.7 Å². The lowest BCUT2D eigenvalue weighted by molar-refractivity contribution is -0.173. The third kappa shape index (κ3) is 5.31. The number of halogens is 4. The normalized spacial score (nSPS) is 12.6. The predicted octanol–water partition coefficient (Wildman–Crippen LogP) is 1.27. The minimum Gasteiger partial charge on any atom is -0.398 e. The number of hydrogen-bond acceptors (Lipinski definition) is 4. The van der Waals surface area contributed by atoms with E-state index < -0.39 is 35.2 Å². The van der Waals surface area contributed by atoms with E-state index in [9.17, 15) is 26.0 Å². The van der Waals surface area contributed by atoms with E-state index in [2.05, 4.69) is 4.74 Å². The molecule has 0 saturated carbocycles. The Kier molecular flexibility index (Phi) is 5.31. The van der Waals surface area contributed by atoms with E-state index in [0.717, 1.165) is 18.2 Å². The number of hydrogen-bond donors (Lipinski definition) is 2. The maximum atomic E-state index is 12.8. The molecule has 0 aliphatic carbocycles. The molecule has 0 aliphatic heterocycles. The number of nitrogens with one attached hydrogen (secondary N) is 1. The van der Waals surface area contributed by atoms with E-state index in [-0.39, 0.29) is 17.1 Å². The van der Waals surface area contributed by atoms with Gasteiger partial charge >= 0.3 is 6.18 Å². The topological polar surface area (TPSA) is 81.4 Å². The molecule has 0 amide bonds. The molecule has 1 rings (SSSR count). The third-order valence-corrected chi connectivity index (χ3v) is 3.60. The Morgan fingerprint density at radius 2 is 1.95 bits per heavy atom. The summed E-state index contributed by atoms with van der Waals surface area (Å²) < 4.78 is 77.7. The van der Waals surface area contributed by atoms with Gasteiger partial charge in [0, 0.05) is 6.54 Å². The quantitative estimate of drug-likeness (QED) is 0.470. The van der Waals surface area contributed by atoms with Crippen LogP contribution in [-0.2, 0) is 14.8 Å². The summed E-state index contributed by atoms with van der Waals surface area (Å²) in [6.07, 6.45) is -4.47. The summed E-state index contributed by atoms with van der Waals surface area (Å²) in [5.74, 6) is -0.699. The molecule has 0 fully saturated rings. The first-order valence-electron chi connectivity index (χ1n) is 5.31. The fourth-order valence-corrected chi connectivity index (χ4v) is 2.40. The van der Waals surface area contributed by atoms with Gasteiger partial charge in [0.2, 0.25) is 10.0 Å². The molecule has 0 aliphatic rings. The van der Waals surface area contributed by atoms with Crippen molar-refractivity contribution in [3.63, 3.8) is 0 Å². The van der Waals surface area contributed by atoms with Gasteiger partial charge in [0.15, 0.2) is 0 Å². The summed E-state index contributed by atoms with van der Waals surface area (Å²) in [7, 11) is -4.03. The second-order valence-electron chi connectivity index (χ2n) is 3.75. The minimum absolute atomic E-state index is 0.297. The molecule has 0 unspecified atom stereocenters. The first-order chi connectivity index (χ1) is 9.12. The van der Waals surface area contributed by atoms with Crippen molar-refractivity contribution in [2.24, 2.45) is 0 Å². The standard InChI is InChI=1S/C10H12F4N2O3S/c11-7-1-2-9(8(15)5-7)20(17,18)16-3-4-19-6-10(12,13)14/h1-2,5,16H,3-4,6,15H2. The zero-order chi connectivity index (χ0) is 15.4. The third-order valence-electron chi connectivity index (χ3n) is 2.07. The number of nitrogens with two attached hydrogens (primary N) is 1. The second kappa shape index (κ2) is 6.37. The highest BCUT2D eigenvalue weighted by atomic mass is 32.2. The highest BCUT2D eigenvalue weighted by molar-refractivity contribution is 7.89. The van der Waals surface area contributed by atoms with Crippen molar-refractivity contribution < 1.29 is 30.7 Å². The maximum absolute atomic E-state index is 12.8. The Bertz CT molecular complexity index is 560. The van der Waals surface area contributed by atoms with Gasteiger partial charge in [0.25, 0.3) is 0 Å². The van der Waals surface area contributed by atoms with E-state index in [1.54, 1.807) is 0 Å². The molecule has 0 atom stereocenters. The Labute approximate surface area is 112 Å². The fourth-order valence-electron chi connectivity index (χ4n) is 1.28. The largest absolute Gasteiger partial charge is 0.411 e. The number of rotatable bonds is 6. The smallest absolute Gasteiger partial charge is 0.398 e. The van der Waals surface area contributed by atoms with Crippen molar-refractivity contribution in [1.82, 2.24) is 4.72 Å². The number of nitrogen functional groups attached to an aromatic ring is 1. The van der Waals surface area contributed by atoms with Crippen molar-refractivity contribution in [3.05, 3.63) is 24.0 Å². The van der Waals surface area contributed by atoms with Crippen LogP contribution in [0.5, 0.6) is 0 Å². The highest BCUT2D eigenvalue weighted by Gasteiger charge is 2.27. The Hall–Kier alpha value is -1.39. The van der Waals surface area contributed by atoms with Crippen molar-refractivity contribution in [3.8, 4) is 0 Å².